The predicted octanol–water partition coefficient (Wildman–Crippen LogP) is 4.53. The van der Waals surface area contributed by atoms with Crippen molar-refractivity contribution in [3.63, 3.8) is 0 Å². The van der Waals surface area contributed by atoms with Crippen LogP contribution in [-0.4, -0.2) is 33.8 Å². The minimum Gasteiger partial charge on any atom is -0.356 e. The van der Waals surface area contributed by atoms with Crippen LogP contribution in [0.5, 0.6) is 0 Å². The van der Waals surface area contributed by atoms with Gasteiger partial charge in [-0.15, -0.1) is 0 Å². The summed E-state index contributed by atoms with van der Waals surface area (Å²) in [6.07, 6.45) is 2.81. The highest BCUT2D eigenvalue weighted by Gasteiger charge is 2.29. The lowest BCUT2D eigenvalue weighted by atomic mass is 9.88. The average molecular weight is 408 g/mol. The van der Waals surface area contributed by atoms with Gasteiger partial charge < -0.3 is 4.90 Å². The second-order valence-corrected chi connectivity index (χ2v) is 7.55. The largest absolute Gasteiger partial charge is 0.356 e. The number of aryl methyl sites for hydroxylation is 1. The minimum absolute atomic E-state index is 0.167. The first kappa shape index (κ1) is 20.1. The van der Waals surface area contributed by atoms with E-state index < -0.39 is 11.6 Å². The van der Waals surface area contributed by atoms with Gasteiger partial charge in [-0.2, -0.15) is 0 Å². The first-order valence-corrected chi connectivity index (χ1v) is 9.95. The molecule has 0 unspecified atom stereocenters. The van der Waals surface area contributed by atoms with Gasteiger partial charge in [0.15, 0.2) is 11.6 Å². The normalized spacial score (nSPS) is 14.7. The number of piperidine rings is 1. The molecule has 0 bridgehead atoms. The number of ketones is 1. The highest BCUT2D eigenvalue weighted by molar-refractivity contribution is 5.98. The Bertz CT molecular complexity index is 1080. The zero-order valence-corrected chi connectivity index (χ0v) is 16.9. The Hall–Kier alpha value is -3.22. The topological polar surface area (TPSA) is 59.0 Å². The third-order valence-corrected chi connectivity index (χ3v) is 5.62. The molecule has 30 heavy (non-hydrogen) atoms. The monoisotopic (exact) mass is 408 g/mol. The second-order valence-electron chi connectivity index (χ2n) is 7.55. The molecule has 1 fully saturated rings. The highest BCUT2D eigenvalue weighted by Crippen LogP contribution is 2.29. The fraction of sp³-hybridized carbons (Fsp3) is 0.304. The van der Waals surface area contributed by atoms with Crippen LogP contribution in [0.25, 0.3) is 11.5 Å². The summed E-state index contributed by atoms with van der Waals surface area (Å²) in [6, 6.07) is 8.61. The van der Waals surface area contributed by atoms with Crippen LogP contribution in [0.2, 0.25) is 0 Å². The number of hydrogen-bond donors (Lipinski definition) is 0. The Morgan fingerprint density at radius 2 is 1.83 bits per heavy atom. The van der Waals surface area contributed by atoms with Crippen LogP contribution < -0.4 is 4.90 Å². The van der Waals surface area contributed by atoms with Gasteiger partial charge in [0, 0.05) is 36.5 Å². The molecule has 0 spiro atoms. The van der Waals surface area contributed by atoms with E-state index in [1.807, 2.05) is 32.0 Å². The van der Waals surface area contributed by atoms with E-state index in [4.69, 9.17) is 4.98 Å². The summed E-state index contributed by atoms with van der Waals surface area (Å²) in [4.78, 5) is 28.5. The van der Waals surface area contributed by atoms with Crippen LogP contribution in [-0.2, 0) is 0 Å². The van der Waals surface area contributed by atoms with Gasteiger partial charge in [-0.3, -0.25) is 9.78 Å². The van der Waals surface area contributed by atoms with Crippen LogP contribution in [0.3, 0.4) is 0 Å². The summed E-state index contributed by atoms with van der Waals surface area (Å²) in [5, 5.41) is 0. The zero-order valence-electron chi connectivity index (χ0n) is 16.9. The van der Waals surface area contributed by atoms with Crippen LogP contribution in [0.15, 0.2) is 42.6 Å². The van der Waals surface area contributed by atoms with Gasteiger partial charge in [-0.1, -0.05) is 6.07 Å². The van der Waals surface area contributed by atoms with E-state index in [1.54, 1.807) is 6.20 Å². The summed E-state index contributed by atoms with van der Waals surface area (Å²) in [7, 11) is 0. The molecular weight excluding hydrogens is 386 g/mol. The molecule has 0 aliphatic carbocycles. The van der Waals surface area contributed by atoms with Crippen molar-refractivity contribution in [3.8, 4) is 11.5 Å². The van der Waals surface area contributed by atoms with E-state index in [2.05, 4.69) is 14.9 Å². The maximum atomic E-state index is 14.0. The number of nitrogens with zero attached hydrogens (tertiary/aromatic N) is 4. The predicted molar refractivity (Wildman–Crippen MR) is 110 cm³/mol. The molecule has 2 aromatic heterocycles. The molecule has 1 saturated heterocycles. The van der Waals surface area contributed by atoms with Gasteiger partial charge in [0.25, 0.3) is 0 Å². The molecule has 3 aromatic rings. The van der Waals surface area contributed by atoms with Crippen LogP contribution >= 0.6 is 0 Å². The first-order valence-electron chi connectivity index (χ1n) is 9.95. The smallest absolute Gasteiger partial charge is 0.180 e. The molecule has 4 rings (SSSR count). The fourth-order valence-electron chi connectivity index (χ4n) is 3.79. The van der Waals surface area contributed by atoms with Crippen molar-refractivity contribution in [2.75, 3.05) is 18.0 Å². The Balaban J connectivity index is 1.54. The molecule has 1 aliphatic rings. The van der Waals surface area contributed by atoms with Crippen molar-refractivity contribution in [1.29, 1.82) is 0 Å². The molecule has 154 valence electrons. The van der Waals surface area contributed by atoms with Crippen molar-refractivity contribution in [2.24, 2.45) is 5.92 Å². The third kappa shape index (κ3) is 3.92. The lowest BCUT2D eigenvalue weighted by Gasteiger charge is -2.33. The Morgan fingerprint density at radius 3 is 2.53 bits per heavy atom. The first-order chi connectivity index (χ1) is 14.4. The fourth-order valence-corrected chi connectivity index (χ4v) is 3.79. The number of carbonyl (C=O) groups excluding carboxylic acids is 1. The Labute approximate surface area is 173 Å². The minimum atomic E-state index is -0.675. The number of hydrogen-bond acceptors (Lipinski definition) is 5. The number of halogens is 2. The number of pyridine rings is 1. The van der Waals surface area contributed by atoms with Gasteiger partial charge in [-0.05, 0) is 57.0 Å². The maximum Gasteiger partial charge on any atom is 0.180 e. The second kappa shape index (κ2) is 8.26. The van der Waals surface area contributed by atoms with E-state index in [0.29, 0.717) is 37.4 Å². The van der Waals surface area contributed by atoms with E-state index >= 15 is 0 Å². The molecule has 0 radical (unpaired) electrons. The molecule has 5 nitrogen and oxygen atoms in total. The Morgan fingerprint density at radius 1 is 1.07 bits per heavy atom. The molecule has 7 heteroatoms. The van der Waals surface area contributed by atoms with E-state index in [-0.39, 0.29) is 17.3 Å². The molecular formula is C23H22F2N4O. The highest BCUT2D eigenvalue weighted by atomic mass is 19.1. The molecule has 0 atom stereocenters. The number of benzene rings is 1. The van der Waals surface area contributed by atoms with Crippen molar-refractivity contribution in [3.05, 3.63) is 71.1 Å². The third-order valence-electron chi connectivity index (χ3n) is 5.62. The van der Waals surface area contributed by atoms with Crippen molar-refractivity contribution >= 4 is 11.6 Å². The van der Waals surface area contributed by atoms with Crippen molar-refractivity contribution in [1.82, 2.24) is 15.0 Å². The van der Waals surface area contributed by atoms with E-state index in [9.17, 15) is 13.6 Å². The summed E-state index contributed by atoms with van der Waals surface area (Å²) in [5.41, 5.74) is 2.39. The quantitative estimate of drug-likeness (QED) is 0.594. The molecule has 1 aliphatic heterocycles. The van der Waals surface area contributed by atoms with Gasteiger partial charge in [0.05, 0.1) is 5.56 Å². The van der Waals surface area contributed by atoms with Gasteiger partial charge in [-0.25, -0.2) is 18.7 Å². The standard InChI is InChI=1S/C23H22F2N4O/c1-14-15(2)27-22(20-5-3-4-10-26-20)28-23(14)29-11-8-16(9-12-29)21(30)18-13-17(24)6-7-19(18)25/h3-7,10,13,16H,8-9,11-12H2,1-2H3. The number of Topliss-reactive ketones (excluding diaryl/α,β-unsaturated/α-hetero) is 1. The van der Waals surface area contributed by atoms with E-state index in [0.717, 1.165) is 35.3 Å². The summed E-state index contributed by atoms with van der Waals surface area (Å²) in [5.74, 6) is -0.565. The molecule has 3 heterocycles. The number of anilines is 1. The number of aromatic nitrogens is 3. The summed E-state index contributed by atoms with van der Waals surface area (Å²) >= 11 is 0. The molecule has 0 amide bonds. The Kier molecular flexibility index (Phi) is 5.53. The molecule has 0 N–H and O–H groups in total. The maximum absolute atomic E-state index is 14.0. The van der Waals surface area contributed by atoms with Gasteiger partial charge in [0.1, 0.15) is 23.1 Å². The number of carbonyl (C=O) groups is 1. The van der Waals surface area contributed by atoms with Crippen LogP contribution in [0, 0.1) is 31.4 Å². The van der Waals surface area contributed by atoms with E-state index in [1.165, 1.54) is 0 Å². The lowest BCUT2D eigenvalue weighted by Crippen LogP contribution is -2.37. The van der Waals surface area contributed by atoms with Gasteiger partial charge in [0.2, 0.25) is 0 Å². The van der Waals surface area contributed by atoms with Crippen LogP contribution in [0.4, 0.5) is 14.6 Å². The lowest BCUT2D eigenvalue weighted by molar-refractivity contribution is 0.0895. The summed E-state index contributed by atoms with van der Waals surface area (Å²) in [6.45, 7) is 5.13. The summed E-state index contributed by atoms with van der Waals surface area (Å²) < 4.78 is 27.5. The van der Waals surface area contributed by atoms with Crippen molar-refractivity contribution < 1.29 is 13.6 Å². The van der Waals surface area contributed by atoms with Crippen LogP contribution in [0.1, 0.15) is 34.5 Å². The molecule has 0 saturated carbocycles. The number of rotatable bonds is 4. The SMILES string of the molecule is Cc1nc(-c2ccccn2)nc(N2CCC(C(=O)c3cc(F)ccc3F)CC2)c1C. The zero-order chi connectivity index (χ0) is 21.3. The molecule has 1 aromatic carbocycles. The average Bonchev–Trinajstić information content (AvgIpc) is 2.77. The van der Waals surface area contributed by atoms with Crippen molar-refractivity contribution in [2.45, 2.75) is 26.7 Å². The van der Waals surface area contributed by atoms with Gasteiger partial charge >= 0.3 is 0 Å².